The van der Waals surface area contributed by atoms with Gasteiger partial charge in [0.15, 0.2) is 0 Å². The van der Waals surface area contributed by atoms with Gasteiger partial charge in [0, 0.05) is 29.7 Å². The van der Waals surface area contributed by atoms with Gasteiger partial charge >= 0.3 is 12.1 Å². The summed E-state index contributed by atoms with van der Waals surface area (Å²) in [5, 5.41) is 3.64. The second-order valence-corrected chi connectivity index (χ2v) is 8.63. The lowest BCUT2D eigenvalue weighted by atomic mass is 9.94. The lowest BCUT2D eigenvalue weighted by Crippen LogP contribution is -2.52. The highest BCUT2D eigenvalue weighted by Gasteiger charge is 2.34. The van der Waals surface area contributed by atoms with E-state index in [4.69, 9.17) is 4.74 Å². The second kappa shape index (κ2) is 8.84. The summed E-state index contributed by atoms with van der Waals surface area (Å²) < 4.78 is 19.0. The van der Waals surface area contributed by atoms with Crippen LogP contribution in [0.15, 0.2) is 24.4 Å². The molecule has 2 N–H and O–H groups in total. The van der Waals surface area contributed by atoms with E-state index in [-0.39, 0.29) is 11.9 Å². The highest BCUT2D eigenvalue weighted by atomic mass is 19.1. The van der Waals surface area contributed by atoms with E-state index in [1.807, 2.05) is 6.20 Å². The molecule has 1 aromatic carbocycles. The maximum absolute atomic E-state index is 13.5. The molecule has 158 valence electrons. The number of nitrogens with zero attached hydrogens (tertiary/aromatic N) is 1. The molecular formula is C22H30FN3O3. The zero-order valence-electron chi connectivity index (χ0n) is 17.4. The van der Waals surface area contributed by atoms with Crippen LogP contribution in [0, 0.1) is 5.82 Å². The Morgan fingerprint density at radius 1 is 1.24 bits per heavy atom. The predicted octanol–water partition coefficient (Wildman–Crippen LogP) is 5.13. The lowest BCUT2D eigenvalue weighted by Gasteiger charge is -2.34. The van der Waals surface area contributed by atoms with Gasteiger partial charge in [0.2, 0.25) is 0 Å². The number of imide groups is 1. The summed E-state index contributed by atoms with van der Waals surface area (Å²) in [5.41, 5.74) is 1.10. The van der Waals surface area contributed by atoms with E-state index < -0.39 is 17.7 Å². The number of hydrogen-bond acceptors (Lipinski definition) is 3. The molecular weight excluding hydrogens is 373 g/mol. The Morgan fingerprint density at radius 2 is 1.97 bits per heavy atom. The number of aromatic nitrogens is 1. The fourth-order valence-corrected chi connectivity index (χ4v) is 3.79. The van der Waals surface area contributed by atoms with Crippen LogP contribution < -0.4 is 5.32 Å². The Kier molecular flexibility index (Phi) is 6.45. The molecule has 1 aliphatic carbocycles. The molecule has 1 aromatic heterocycles. The van der Waals surface area contributed by atoms with Gasteiger partial charge in [-0.3, -0.25) is 0 Å². The number of benzene rings is 1. The standard InChI is InChI=1S/C22H30FN3O3/c1-22(2,3)29-21(28)26(17-7-5-4-6-8-17)20(27)24-12-11-15-14-25-19-10-9-16(23)13-18(15)19/h9-10,13-14,17,25H,4-8,11-12H2,1-3H3,(H,24,27). The first-order chi connectivity index (χ1) is 13.7. The van der Waals surface area contributed by atoms with E-state index in [2.05, 4.69) is 10.3 Å². The molecule has 0 aliphatic heterocycles. The molecule has 1 fully saturated rings. The number of fused-ring (bicyclic) bond motifs is 1. The predicted molar refractivity (Wildman–Crippen MR) is 110 cm³/mol. The van der Waals surface area contributed by atoms with Gasteiger partial charge in [-0.05, 0) is 63.8 Å². The van der Waals surface area contributed by atoms with Crippen LogP contribution in [0.1, 0.15) is 58.4 Å². The van der Waals surface area contributed by atoms with Crippen molar-refractivity contribution < 1.29 is 18.7 Å². The number of aromatic amines is 1. The Bertz CT molecular complexity index is 866. The number of hydrogen-bond donors (Lipinski definition) is 2. The molecule has 0 radical (unpaired) electrons. The summed E-state index contributed by atoms with van der Waals surface area (Å²) in [6, 6.07) is 4.02. The quantitative estimate of drug-likeness (QED) is 0.743. The SMILES string of the molecule is CC(C)(C)OC(=O)N(C(=O)NCCc1c[nH]c2ccc(F)cc12)C1CCCCC1. The monoisotopic (exact) mass is 403 g/mol. The van der Waals surface area contributed by atoms with Crippen LogP contribution in [-0.2, 0) is 11.2 Å². The highest BCUT2D eigenvalue weighted by molar-refractivity contribution is 5.91. The molecule has 0 spiro atoms. The summed E-state index contributed by atoms with van der Waals surface area (Å²) in [7, 11) is 0. The molecule has 1 heterocycles. The van der Waals surface area contributed by atoms with E-state index in [9.17, 15) is 14.0 Å². The van der Waals surface area contributed by atoms with Crippen LogP contribution in [0.2, 0.25) is 0 Å². The average molecular weight is 403 g/mol. The van der Waals surface area contributed by atoms with Gasteiger partial charge < -0.3 is 15.0 Å². The second-order valence-electron chi connectivity index (χ2n) is 8.63. The molecule has 3 rings (SSSR count). The Labute approximate surface area is 170 Å². The van der Waals surface area contributed by atoms with Crippen molar-refractivity contribution in [2.24, 2.45) is 0 Å². The maximum Gasteiger partial charge on any atom is 0.418 e. The first-order valence-corrected chi connectivity index (χ1v) is 10.3. The van der Waals surface area contributed by atoms with Crippen molar-refractivity contribution in [3.63, 3.8) is 0 Å². The third-order valence-electron chi connectivity index (χ3n) is 5.15. The molecule has 3 amide bonds. The van der Waals surface area contributed by atoms with Crippen LogP contribution in [0.25, 0.3) is 10.9 Å². The minimum atomic E-state index is -0.668. The van der Waals surface area contributed by atoms with Crippen molar-refractivity contribution in [3.8, 4) is 0 Å². The van der Waals surface area contributed by atoms with Crippen molar-refractivity contribution in [1.82, 2.24) is 15.2 Å². The molecule has 6 nitrogen and oxygen atoms in total. The summed E-state index contributed by atoms with van der Waals surface area (Å²) in [4.78, 5) is 29.9. The van der Waals surface area contributed by atoms with Gasteiger partial charge in [0.1, 0.15) is 11.4 Å². The number of carbonyl (C=O) groups excluding carboxylic acids is 2. The smallest absolute Gasteiger partial charge is 0.418 e. The zero-order chi connectivity index (χ0) is 21.0. The van der Waals surface area contributed by atoms with Gasteiger partial charge in [0.25, 0.3) is 0 Å². The summed E-state index contributed by atoms with van der Waals surface area (Å²) in [6.07, 6.45) is 6.47. The molecule has 1 aliphatic rings. The first-order valence-electron chi connectivity index (χ1n) is 10.3. The lowest BCUT2D eigenvalue weighted by molar-refractivity contribution is 0.0222. The van der Waals surface area contributed by atoms with Crippen LogP contribution in [0.4, 0.5) is 14.0 Å². The number of rotatable bonds is 4. The average Bonchev–Trinajstić information content (AvgIpc) is 3.03. The Hall–Kier alpha value is -2.57. The van der Waals surface area contributed by atoms with Crippen molar-refractivity contribution >= 4 is 23.0 Å². The van der Waals surface area contributed by atoms with E-state index in [1.165, 1.54) is 17.0 Å². The van der Waals surface area contributed by atoms with Crippen LogP contribution in [0.3, 0.4) is 0 Å². The maximum atomic E-state index is 13.5. The third kappa shape index (κ3) is 5.49. The minimum absolute atomic E-state index is 0.138. The number of H-pyrrole nitrogens is 1. The van der Waals surface area contributed by atoms with Gasteiger partial charge in [-0.1, -0.05) is 19.3 Å². The largest absolute Gasteiger partial charge is 0.443 e. The molecule has 7 heteroatoms. The van der Waals surface area contributed by atoms with Crippen molar-refractivity contribution in [2.45, 2.75) is 70.9 Å². The molecule has 0 unspecified atom stereocenters. The molecule has 2 aromatic rings. The topological polar surface area (TPSA) is 74.4 Å². The number of urea groups is 1. The molecule has 0 bridgehead atoms. The van der Waals surface area contributed by atoms with E-state index in [0.717, 1.165) is 48.6 Å². The fourth-order valence-electron chi connectivity index (χ4n) is 3.79. The van der Waals surface area contributed by atoms with E-state index in [1.54, 1.807) is 26.8 Å². The number of amides is 3. The zero-order valence-corrected chi connectivity index (χ0v) is 17.4. The van der Waals surface area contributed by atoms with Crippen LogP contribution >= 0.6 is 0 Å². The number of carbonyl (C=O) groups is 2. The Morgan fingerprint density at radius 3 is 2.66 bits per heavy atom. The van der Waals surface area contributed by atoms with Crippen molar-refractivity contribution in [2.75, 3.05) is 6.54 Å². The third-order valence-corrected chi connectivity index (χ3v) is 5.15. The van der Waals surface area contributed by atoms with E-state index in [0.29, 0.717) is 13.0 Å². The van der Waals surface area contributed by atoms with E-state index >= 15 is 0 Å². The number of halogens is 1. The Balaban J connectivity index is 1.65. The summed E-state index contributed by atoms with van der Waals surface area (Å²) >= 11 is 0. The summed E-state index contributed by atoms with van der Waals surface area (Å²) in [6.45, 7) is 5.71. The molecule has 29 heavy (non-hydrogen) atoms. The van der Waals surface area contributed by atoms with Crippen molar-refractivity contribution in [1.29, 1.82) is 0 Å². The van der Waals surface area contributed by atoms with Gasteiger partial charge in [0.05, 0.1) is 0 Å². The van der Waals surface area contributed by atoms with Crippen molar-refractivity contribution in [3.05, 3.63) is 35.8 Å². The minimum Gasteiger partial charge on any atom is -0.443 e. The fraction of sp³-hybridized carbons (Fsp3) is 0.545. The van der Waals surface area contributed by atoms with Crippen LogP contribution in [-0.4, -0.2) is 40.2 Å². The molecule has 1 saturated carbocycles. The van der Waals surface area contributed by atoms with Gasteiger partial charge in [-0.25, -0.2) is 18.9 Å². The van der Waals surface area contributed by atoms with Crippen LogP contribution in [0.5, 0.6) is 0 Å². The van der Waals surface area contributed by atoms with Gasteiger partial charge in [-0.15, -0.1) is 0 Å². The van der Waals surface area contributed by atoms with Gasteiger partial charge in [-0.2, -0.15) is 0 Å². The first kappa shape index (κ1) is 21.1. The molecule has 0 atom stereocenters. The highest BCUT2D eigenvalue weighted by Crippen LogP contribution is 2.25. The summed E-state index contributed by atoms with van der Waals surface area (Å²) in [5.74, 6) is -0.296. The number of nitrogens with one attached hydrogen (secondary N) is 2. The normalized spacial score (nSPS) is 15.3. The number of ether oxygens (including phenoxy) is 1. The molecule has 0 saturated heterocycles.